The molecule has 0 aliphatic carbocycles. The molecule has 0 saturated carbocycles. The zero-order valence-electron chi connectivity index (χ0n) is 11.9. The molecule has 0 radical (unpaired) electrons. The Morgan fingerprint density at radius 3 is 2.67 bits per heavy atom. The Bertz CT molecular complexity index is 439. The van der Waals surface area contributed by atoms with E-state index in [0.717, 1.165) is 17.5 Å². The normalized spacial score (nSPS) is 13.2. The number of anilines is 1. The number of nitrogens with zero attached hydrogens (tertiary/aromatic N) is 1. The highest BCUT2D eigenvalue weighted by molar-refractivity contribution is 5.94. The van der Waals surface area contributed by atoms with E-state index < -0.39 is 0 Å². The van der Waals surface area contributed by atoms with Gasteiger partial charge >= 0.3 is 0 Å². The highest BCUT2D eigenvalue weighted by atomic mass is 16.2. The van der Waals surface area contributed by atoms with E-state index in [1.54, 1.807) is 6.20 Å². The second kappa shape index (κ2) is 5.48. The van der Waals surface area contributed by atoms with Gasteiger partial charge in [0.1, 0.15) is 5.82 Å². The maximum absolute atomic E-state index is 12.0. The molecule has 1 rings (SSSR count). The second-order valence-corrected chi connectivity index (χ2v) is 5.41. The fourth-order valence-corrected chi connectivity index (χ4v) is 1.54. The lowest BCUT2D eigenvalue weighted by atomic mass is 9.89. The van der Waals surface area contributed by atoms with Crippen molar-refractivity contribution in [1.29, 1.82) is 0 Å². The first kappa shape index (κ1) is 14.6. The van der Waals surface area contributed by atoms with Crippen molar-refractivity contribution in [1.82, 2.24) is 4.98 Å². The number of amides is 1. The minimum absolute atomic E-state index is 0.0167. The first-order valence-corrected chi connectivity index (χ1v) is 6.31. The number of nitrogens with one attached hydrogen (secondary N) is 1. The van der Waals surface area contributed by atoms with Crippen LogP contribution in [0.15, 0.2) is 12.3 Å². The quantitative estimate of drug-likeness (QED) is 0.862. The summed E-state index contributed by atoms with van der Waals surface area (Å²) in [5.41, 5.74) is 7.55. The van der Waals surface area contributed by atoms with E-state index >= 15 is 0 Å². The van der Waals surface area contributed by atoms with E-state index in [0.29, 0.717) is 5.82 Å². The molecule has 0 saturated heterocycles. The van der Waals surface area contributed by atoms with Crippen LogP contribution in [0.4, 0.5) is 5.82 Å². The van der Waals surface area contributed by atoms with E-state index in [-0.39, 0.29) is 17.4 Å². The average Bonchev–Trinajstić information content (AvgIpc) is 2.31. The van der Waals surface area contributed by atoms with Crippen LogP contribution in [0.2, 0.25) is 0 Å². The average molecular weight is 249 g/mol. The molecule has 1 aromatic rings. The number of pyridine rings is 1. The van der Waals surface area contributed by atoms with Gasteiger partial charge < -0.3 is 11.1 Å². The molecular formula is C14H23N3O. The molecule has 0 aliphatic heterocycles. The van der Waals surface area contributed by atoms with Crippen molar-refractivity contribution < 1.29 is 4.79 Å². The highest BCUT2D eigenvalue weighted by Crippen LogP contribution is 2.23. The number of aryl methyl sites for hydroxylation is 1. The lowest BCUT2D eigenvalue weighted by Gasteiger charge is -2.21. The molecular weight excluding hydrogens is 226 g/mol. The molecule has 4 heteroatoms. The molecule has 18 heavy (non-hydrogen) atoms. The number of carbonyl (C=O) groups is 1. The zero-order chi connectivity index (χ0) is 13.9. The van der Waals surface area contributed by atoms with E-state index in [1.807, 2.05) is 40.7 Å². The predicted octanol–water partition coefficient (Wildman–Crippen LogP) is 2.78. The largest absolute Gasteiger partial charge is 0.324 e. The summed E-state index contributed by atoms with van der Waals surface area (Å²) in [6, 6.07) is 1.78. The SMILES string of the molecule is CCC(C)(C)C(=O)Nc1cc(C(C)N)c(C)cn1. The fraction of sp³-hybridized carbons (Fsp3) is 0.571. The van der Waals surface area contributed by atoms with Crippen LogP contribution in [0.1, 0.15) is 51.3 Å². The van der Waals surface area contributed by atoms with Gasteiger partial charge in [-0.25, -0.2) is 4.98 Å². The van der Waals surface area contributed by atoms with Crippen LogP contribution in [-0.2, 0) is 4.79 Å². The number of rotatable bonds is 4. The summed E-state index contributed by atoms with van der Waals surface area (Å²) in [7, 11) is 0. The molecule has 1 heterocycles. The summed E-state index contributed by atoms with van der Waals surface area (Å²) >= 11 is 0. The maximum Gasteiger partial charge on any atom is 0.231 e. The van der Waals surface area contributed by atoms with Crippen LogP contribution in [0.3, 0.4) is 0 Å². The van der Waals surface area contributed by atoms with Crippen molar-refractivity contribution in [2.24, 2.45) is 11.1 Å². The van der Waals surface area contributed by atoms with Crippen LogP contribution in [0, 0.1) is 12.3 Å². The molecule has 3 N–H and O–H groups in total. The molecule has 0 bridgehead atoms. The Hall–Kier alpha value is -1.42. The molecule has 1 atom stereocenters. The van der Waals surface area contributed by atoms with Crippen molar-refractivity contribution in [3.8, 4) is 0 Å². The molecule has 4 nitrogen and oxygen atoms in total. The number of carbonyl (C=O) groups excluding carboxylic acids is 1. The summed E-state index contributed by atoms with van der Waals surface area (Å²) < 4.78 is 0. The Balaban J connectivity index is 2.93. The standard InChI is InChI=1S/C14H23N3O/c1-6-14(4,5)13(18)17-12-7-11(10(3)15)9(2)8-16-12/h7-8,10H,6,15H2,1-5H3,(H,16,17,18). The minimum atomic E-state index is -0.388. The van der Waals surface area contributed by atoms with Crippen molar-refractivity contribution in [2.75, 3.05) is 5.32 Å². The van der Waals surface area contributed by atoms with Crippen LogP contribution >= 0.6 is 0 Å². The van der Waals surface area contributed by atoms with Crippen molar-refractivity contribution in [3.63, 3.8) is 0 Å². The number of nitrogens with two attached hydrogens (primary N) is 1. The first-order chi connectivity index (χ1) is 8.27. The predicted molar refractivity (Wildman–Crippen MR) is 74.3 cm³/mol. The van der Waals surface area contributed by atoms with Gasteiger partial charge in [0.05, 0.1) is 0 Å². The summed E-state index contributed by atoms with van der Waals surface area (Å²) in [5.74, 6) is 0.552. The van der Waals surface area contributed by atoms with Gasteiger partial charge in [-0.3, -0.25) is 4.79 Å². The van der Waals surface area contributed by atoms with Gasteiger partial charge in [0, 0.05) is 17.7 Å². The molecule has 0 spiro atoms. The Morgan fingerprint density at radius 2 is 2.17 bits per heavy atom. The fourth-order valence-electron chi connectivity index (χ4n) is 1.54. The first-order valence-electron chi connectivity index (χ1n) is 6.31. The topological polar surface area (TPSA) is 68.0 Å². The van der Waals surface area contributed by atoms with E-state index in [9.17, 15) is 4.79 Å². The van der Waals surface area contributed by atoms with Gasteiger partial charge in [-0.1, -0.05) is 20.8 Å². The molecule has 0 aromatic carbocycles. The Labute approximate surface area is 109 Å². The van der Waals surface area contributed by atoms with Gasteiger partial charge in [0.2, 0.25) is 5.91 Å². The third kappa shape index (κ3) is 3.29. The summed E-state index contributed by atoms with van der Waals surface area (Å²) in [5, 5.41) is 2.85. The summed E-state index contributed by atoms with van der Waals surface area (Å²) in [6.45, 7) is 9.72. The molecule has 0 aliphatic rings. The van der Waals surface area contributed by atoms with Crippen LogP contribution in [0.5, 0.6) is 0 Å². The van der Waals surface area contributed by atoms with E-state index in [2.05, 4.69) is 10.3 Å². The number of hydrogen-bond donors (Lipinski definition) is 2. The molecule has 1 unspecified atom stereocenters. The second-order valence-electron chi connectivity index (χ2n) is 5.41. The van der Waals surface area contributed by atoms with Crippen molar-refractivity contribution in [3.05, 3.63) is 23.4 Å². The summed E-state index contributed by atoms with van der Waals surface area (Å²) in [4.78, 5) is 16.3. The molecule has 100 valence electrons. The highest BCUT2D eigenvalue weighted by Gasteiger charge is 2.25. The Morgan fingerprint density at radius 1 is 1.56 bits per heavy atom. The van der Waals surface area contributed by atoms with Crippen molar-refractivity contribution in [2.45, 2.75) is 47.1 Å². The van der Waals surface area contributed by atoms with Crippen LogP contribution < -0.4 is 11.1 Å². The van der Waals surface area contributed by atoms with Gasteiger partial charge in [-0.05, 0) is 37.5 Å². The third-order valence-electron chi connectivity index (χ3n) is 3.38. The lowest BCUT2D eigenvalue weighted by Crippen LogP contribution is -2.30. The van der Waals surface area contributed by atoms with Crippen LogP contribution in [-0.4, -0.2) is 10.9 Å². The van der Waals surface area contributed by atoms with Gasteiger partial charge in [-0.2, -0.15) is 0 Å². The van der Waals surface area contributed by atoms with Crippen LogP contribution in [0.25, 0.3) is 0 Å². The maximum atomic E-state index is 12.0. The van der Waals surface area contributed by atoms with E-state index in [1.165, 1.54) is 0 Å². The number of hydrogen-bond acceptors (Lipinski definition) is 3. The Kier molecular flexibility index (Phi) is 4.46. The van der Waals surface area contributed by atoms with Gasteiger partial charge in [0.25, 0.3) is 0 Å². The monoisotopic (exact) mass is 249 g/mol. The number of aromatic nitrogens is 1. The van der Waals surface area contributed by atoms with Gasteiger partial charge in [-0.15, -0.1) is 0 Å². The van der Waals surface area contributed by atoms with Gasteiger partial charge in [0.15, 0.2) is 0 Å². The molecule has 1 aromatic heterocycles. The molecule has 1 amide bonds. The summed E-state index contributed by atoms with van der Waals surface area (Å²) in [6.07, 6.45) is 2.53. The molecule has 0 fully saturated rings. The zero-order valence-corrected chi connectivity index (χ0v) is 11.9. The third-order valence-corrected chi connectivity index (χ3v) is 3.38. The lowest BCUT2D eigenvalue weighted by molar-refractivity contribution is -0.124. The van der Waals surface area contributed by atoms with Crippen molar-refractivity contribution >= 4 is 11.7 Å². The smallest absolute Gasteiger partial charge is 0.231 e. The minimum Gasteiger partial charge on any atom is -0.324 e. The van der Waals surface area contributed by atoms with E-state index in [4.69, 9.17) is 5.73 Å².